The molecule has 0 aliphatic heterocycles. The maximum absolute atomic E-state index is 12.0. The molecule has 0 aliphatic carbocycles. The van der Waals surface area contributed by atoms with E-state index < -0.39 is 0 Å². The van der Waals surface area contributed by atoms with Crippen LogP contribution in [0.3, 0.4) is 0 Å². The van der Waals surface area contributed by atoms with E-state index in [1.807, 2.05) is 37.3 Å². The van der Waals surface area contributed by atoms with E-state index in [1.54, 1.807) is 23.0 Å². The number of nitrogens with zero attached hydrogens (tertiary/aromatic N) is 3. The SMILES string of the molecule is Cc1ccc(C=NNC(=O)c2ccn(Cc3ccc(Br)cc3)n2)o1. The summed E-state index contributed by atoms with van der Waals surface area (Å²) in [6.45, 7) is 2.43. The number of hydrogen-bond donors (Lipinski definition) is 1. The van der Waals surface area contributed by atoms with Crippen molar-refractivity contribution in [3.05, 3.63) is 75.9 Å². The van der Waals surface area contributed by atoms with Crippen LogP contribution in [0.2, 0.25) is 0 Å². The number of nitrogens with one attached hydrogen (secondary N) is 1. The number of carbonyl (C=O) groups excluding carboxylic acids is 1. The van der Waals surface area contributed by atoms with Crippen LogP contribution < -0.4 is 5.43 Å². The van der Waals surface area contributed by atoms with Gasteiger partial charge >= 0.3 is 0 Å². The van der Waals surface area contributed by atoms with Gasteiger partial charge in [0.2, 0.25) is 0 Å². The molecule has 0 aliphatic rings. The predicted molar refractivity (Wildman–Crippen MR) is 94.0 cm³/mol. The van der Waals surface area contributed by atoms with Gasteiger partial charge in [-0.3, -0.25) is 9.48 Å². The van der Waals surface area contributed by atoms with Gasteiger partial charge in [-0.2, -0.15) is 10.2 Å². The predicted octanol–water partition coefficient (Wildman–Crippen LogP) is 3.36. The number of amides is 1. The molecule has 24 heavy (non-hydrogen) atoms. The van der Waals surface area contributed by atoms with Gasteiger partial charge < -0.3 is 4.42 Å². The zero-order chi connectivity index (χ0) is 16.9. The first kappa shape index (κ1) is 16.2. The topological polar surface area (TPSA) is 72.4 Å². The van der Waals surface area contributed by atoms with E-state index >= 15 is 0 Å². The summed E-state index contributed by atoms with van der Waals surface area (Å²) in [5.41, 5.74) is 3.83. The number of carbonyl (C=O) groups is 1. The molecule has 0 bridgehead atoms. The van der Waals surface area contributed by atoms with Crippen molar-refractivity contribution in [2.75, 3.05) is 0 Å². The minimum absolute atomic E-state index is 0.305. The number of aromatic nitrogens is 2. The van der Waals surface area contributed by atoms with Gasteiger partial charge in [0.1, 0.15) is 11.5 Å². The van der Waals surface area contributed by atoms with Crippen LogP contribution >= 0.6 is 15.9 Å². The van der Waals surface area contributed by atoms with Crippen molar-refractivity contribution >= 4 is 28.1 Å². The molecule has 0 radical (unpaired) electrons. The van der Waals surface area contributed by atoms with E-state index in [1.165, 1.54) is 6.21 Å². The maximum atomic E-state index is 12.0. The molecule has 0 spiro atoms. The Hall–Kier alpha value is -2.67. The summed E-state index contributed by atoms with van der Waals surface area (Å²) in [5, 5.41) is 8.11. The first-order valence-electron chi connectivity index (χ1n) is 7.28. The monoisotopic (exact) mass is 386 g/mol. The third-order valence-electron chi connectivity index (χ3n) is 3.25. The highest BCUT2D eigenvalue weighted by molar-refractivity contribution is 9.10. The van der Waals surface area contributed by atoms with E-state index in [0.717, 1.165) is 15.8 Å². The van der Waals surface area contributed by atoms with Crippen molar-refractivity contribution in [1.82, 2.24) is 15.2 Å². The third-order valence-corrected chi connectivity index (χ3v) is 3.78. The van der Waals surface area contributed by atoms with Gasteiger partial charge in [0.25, 0.3) is 5.91 Å². The molecule has 0 saturated carbocycles. The highest BCUT2D eigenvalue weighted by Crippen LogP contribution is 2.11. The first-order chi connectivity index (χ1) is 11.6. The lowest BCUT2D eigenvalue weighted by atomic mass is 10.2. The van der Waals surface area contributed by atoms with Crippen molar-refractivity contribution in [2.45, 2.75) is 13.5 Å². The zero-order valence-corrected chi connectivity index (χ0v) is 14.5. The van der Waals surface area contributed by atoms with Crippen LogP contribution in [0, 0.1) is 6.92 Å². The summed E-state index contributed by atoms with van der Waals surface area (Å²) in [6, 6.07) is 13.2. The second-order valence-electron chi connectivity index (χ2n) is 5.17. The summed E-state index contributed by atoms with van der Waals surface area (Å²) >= 11 is 3.40. The molecule has 1 aromatic carbocycles. The Balaban J connectivity index is 1.59. The van der Waals surface area contributed by atoms with Crippen LogP contribution in [0.5, 0.6) is 0 Å². The molecule has 1 N–H and O–H groups in total. The molecule has 0 unspecified atom stereocenters. The maximum Gasteiger partial charge on any atom is 0.291 e. The zero-order valence-electron chi connectivity index (χ0n) is 12.9. The minimum Gasteiger partial charge on any atom is -0.460 e. The number of rotatable bonds is 5. The van der Waals surface area contributed by atoms with E-state index in [4.69, 9.17) is 4.42 Å². The average molecular weight is 387 g/mol. The average Bonchev–Trinajstić information content (AvgIpc) is 3.19. The van der Waals surface area contributed by atoms with Gasteiger partial charge in [-0.05, 0) is 42.8 Å². The summed E-state index contributed by atoms with van der Waals surface area (Å²) in [4.78, 5) is 12.0. The molecule has 2 aromatic heterocycles. The van der Waals surface area contributed by atoms with Crippen molar-refractivity contribution < 1.29 is 9.21 Å². The van der Waals surface area contributed by atoms with Crippen molar-refractivity contribution in [2.24, 2.45) is 5.10 Å². The van der Waals surface area contributed by atoms with Crippen LogP contribution in [-0.4, -0.2) is 21.9 Å². The Morgan fingerprint density at radius 3 is 2.79 bits per heavy atom. The van der Waals surface area contributed by atoms with Gasteiger partial charge in [0.05, 0.1) is 12.8 Å². The molecule has 0 fully saturated rings. The minimum atomic E-state index is -0.371. The number of benzene rings is 1. The number of halogens is 1. The van der Waals surface area contributed by atoms with Crippen LogP contribution in [0.15, 0.2) is 62.7 Å². The van der Waals surface area contributed by atoms with Crippen molar-refractivity contribution in [3.8, 4) is 0 Å². The Morgan fingerprint density at radius 2 is 2.08 bits per heavy atom. The molecule has 2 heterocycles. The number of hydrazone groups is 1. The third kappa shape index (κ3) is 4.20. The molecule has 6 nitrogen and oxygen atoms in total. The van der Waals surface area contributed by atoms with Crippen LogP contribution in [0.4, 0.5) is 0 Å². The lowest BCUT2D eigenvalue weighted by Crippen LogP contribution is -2.18. The van der Waals surface area contributed by atoms with Crippen LogP contribution in [-0.2, 0) is 6.54 Å². The normalized spacial score (nSPS) is 11.1. The molecular formula is C17H15BrN4O2. The Morgan fingerprint density at radius 1 is 1.29 bits per heavy atom. The molecule has 122 valence electrons. The molecule has 1 amide bonds. The summed E-state index contributed by atoms with van der Waals surface area (Å²) < 4.78 is 8.06. The molecular weight excluding hydrogens is 372 g/mol. The Labute approximate surface area is 147 Å². The van der Waals surface area contributed by atoms with Crippen molar-refractivity contribution in [1.29, 1.82) is 0 Å². The summed E-state index contributed by atoms with van der Waals surface area (Å²) in [5.74, 6) is 0.993. The second kappa shape index (κ2) is 7.27. The quantitative estimate of drug-likeness (QED) is 0.539. The van der Waals surface area contributed by atoms with Crippen LogP contribution in [0.25, 0.3) is 0 Å². The van der Waals surface area contributed by atoms with Gasteiger partial charge in [-0.1, -0.05) is 28.1 Å². The van der Waals surface area contributed by atoms with E-state index in [-0.39, 0.29) is 5.91 Å². The number of aryl methyl sites for hydroxylation is 1. The standard InChI is InChI=1S/C17H15BrN4O2/c1-12-2-7-15(24-12)10-19-20-17(23)16-8-9-22(21-16)11-13-3-5-14(18)6-4-13/h2-10H,11H2,1H3,(H,20,23). The molecule has 0 atom stereocenters. The van der Waals surface area contributed by atoms with Gasteiger partial charge in [-0.15, -0.1) is 0 Å². The van der Waals surface area contributed by atoms with E-state index in [2.05, 4.69) is 31.6 Å². The summed E-state index contributed by atoms with van der Waals surface area (Å²) in [6.07, 6.45) is 3.21. The Bertz CT molecular complexity index is 865. The largest absolute Gasteiger partial charge is 0.460 e. The first-order valence-corrected chi connectivity index (χ1v) is 8.07. The molecule has 0 saturated heterocycles. The molecule has 3 aromatic rings. The van der Waals surface area contributed by atoms with E-state index in [9.17, 15) is 4.79 Å². The Kier molecular flexibility index (Phi) is 4.90. The molecule has 7 heteroatoms. The van der Waals surface area contributed by atoms with E-state index in [0.29, 0.717) is 18.0 Å². The van der Waals surface area contributed by atoms with Gasteiger partial charge in [0, 0.05) is 10.7 Å². The summed E-state index contributed by atoms with van der Waals surface area (Å²) in [7, 11) is 0. The molecule has 3 rings (SSSR count). The lowest BCUT2D eigenvalue weighted by molar-refractivity contribution is 0.0949. The van der Waals surface area contributed by atoms with Gasteiger partial charge in [0.15, 0.2) is 5.69 Å². The fourth-order valence-electron chi connectivity index (χ4n) is 2.08. The highest BCUT2D eigenvalue weighted by atomic mass is 79.9. The fourth-order valence-corrected chi connectivity index (χ4v) is 2.35. The van der Waals surface area contributed by atoms with Crippen molar-refractivity contribution in [3.63, 3.8) is 0 Å². The highest BCUT2D eigenvalue weighted by Gasteiger charge is 2.08. The number of hydrogen-bond acceptors (Lipinski definition) is 4. The lowest BCUT2D eigenvalue weighted by Gasteiger charge is -2.02. The van der Waals surface area contributed by atoms with Gasteiger partial charge in [-0.25, -0.2) is 5.43 Å². The second-order valence-corrected chi connectivity index (χ2v) is 6.09. The fraction of sp³-hybridized carbons (Fsp3) is 0.118. The smallest absolute Gasteiger partial charge is 0.291 e. The van der Waals surface area contributed by atoms with Crippen LogP contribution in [0.1, 0.15) is 27.6 Å². The number of furan rings is 1.